The third-order valence-corrected chi connectivity index (χ3v) is 4.29. The second kappa shape index (κ2) is 9.92. The molecule has 0 unspecified atom stereocenters. The van der Waals surface area contributed by atoms with Crippen molar-refractivity contribution in [3.05, 3.63) is 59.5 Å². The largest absolute Gasteiger partial charge is 0.383 e. The van der Waals surface area contributed by atoms with Crippen molar-refractivity contribution in [2.45, 2.75) is 39.5 Å². The fourth-order valence-electron chi connectivity index (χ4n) is 2.62. The Morgan fingerprint density at radius 3 is 2.25 bits per heavy atom. The highest BCUT2D eigenvalue weighted by atomic mass is 32.2. The number of nitrogens with two attached hydrogens (primary N) is 1. The van der Waals surface area contributed by atoms with Gasteiger partial charge in [0.15, 0.2) is 5.82 Å². The maximum atomic E-state index is 12.3. The molecule has 3 rings (SSSR count). The van der Waals surface area contributed by atoms with E-state index in [1.165, 1.54) is 0 Å². The molecule has 0 aliphatic carbocycles. The van der Waals surface area contributed by atoms with Crippen LogP contribution in [0.25, 0.3) is 11.1 Å². The van der Waals surface area contributed by atoms with E-state index in [2.05, 4.69) is 15.5 Å². The number of amides is 1. The van der Waals surface area contributed by atoms with E-state index in [1.54, 1.807) is 12.3 Å². The fourth-order valence-corrected chi connectivity index (χ4v) is 2.62. The van der Waals surface area contributed by atoms with Gasteiger partial charge in [-0.2, -0.15) is 8.42 Å². The molecule has 32 heavy (non-hydrogen) atoms. The van der Waals surface area contributed by atoms with Crippen molar-refractivity contribution in [1.29, 1.82) is 0 Å². The van der Waals surface area contributed by atoms with E-state index in [0.717, 1.165) is 28.0 Å². The first-order valence-corrected chi connectivity index (χ1v) is 11.6. The maximum absolute atomic E-state index is 12.3. The van der Waals surface area contributed by atoms with E-state index >= 15 is 0 Å². The average molecular weight is 461 g/mol. The third kappa shape index (κ3) is 8.12. The van der Waals surface area contributed by atoms with Crippen LogP contribution in [0.5, 0.6) is 0 Å². The molecule has 9 nitrogen and oxygen atoms in total. The molecule has 2 aromatic heterocycles. The molecule has 1 amide bonds. The Morgan fingerprint density at radius 2 is 1.75 bits per heavy atom. The third-order valence-electron chi connectivity index (χ3n) is 4.29. The van der Waals surface area contributed by atoms with Crippen LogP contribution in [0.2, 0.25) is 0 Å². The Kier molecular flexibility index (Phi) is 7.76. The zero-order valence-electron chi connectivity index (χ0n) is 18.7. The highest BCUT2D eigenvalue weighted by Crippen LogP contribution is 2.25. The number of hydrogen-bond acceptors (Lipinski definition) is 7. The number of nitrogen functional groups attached to an aromatic ring is 1. The first-order chi connectivity index (χ1) is 14.7. The highest BCUT2D eigenvalue weighted by molar-refractivity contribution is 7.85. The van der Waals surface area contributed by atoms with Crippen molar-refractivity contribution in [2.75, 3.05) is 17.3 Å². The van der Waals surface area contributed by atoms with Crippen molar-refractivity contribution in [3.63, 3.8) is 0 Å². The molecular formula is C22H28N4O5S. The van der Waals surface area contributed by atoms with Crippen molar-refractivity contribution < 1.29 is 22.3 Å². The van der Waals surface area contributed by atoms with Gasteiger partial charge >= 0.3 is 0 Å². The smallest absolute Gasteiger partial charge is 0.261 e. The number of carbonyl (C=O) groups excluding carboxylic acids is 1. The van der Waals surface area contributed by atoms with Crippen LogP contribution < -0.4 is 11.1 Å². The van der Waals surface area contributed by atoms with Gasteiger partial charge in [-0.25, -0.2) is 4.98 Å². The topological polar surface area (TPSA) is 148 Å². The molecule has 0 fully saturated rings. The van der Waals surface area contributed by atoms with Crippen LogP contribution in [0.3, 0.4) is 0 Å². The Bertz CT molecular complexity index is 1170. The highest BCUT2D eigenvalue weighted by Gasteiger charge is 2.20. The van der Waals surface area contributed by atoms with Crippen LogP contribution in [0.1, 0.15) is 37.7 Å². The number of anilines is 2. The number of nitrogens with one attached hydrogen (secondary N) is 1. The quantitative estimate of drug-likeness (QED) is 0.500. The minimum Gasteiger partial charge on any atom is -0.383 e. The summed E-state index contributed by atoms with van der Waals surface area (Å²) in [6, 6.07) is 11.6. The predicted molar refractivity (Wildman–Crippen MR) is 124 cm³/mol. The van der Waals surface area contributed by atoms with Crippen molar-refractivity contribution >= 4 is 27.7 Å². The van der Waals surface area contributed by atoms with Gasteiger partial charge in [-0.1, -0.05) is 50.2 Å². The van der Waals surface area contributed by atoms with Gasteiger partial charge in [0.1, 0.15) is 11.6 Å². The van der Waals surface area contributed by atoms with Crippen LogP contribution in [0, 0.1) is 6.92 Å². The predicted octanol–water partition coefficient (Wildman–Crippen LogP) is 3.61. The number of aryl methyl sites for hydroxylation is 1. The number of nitrogens with zero attached hydrogens (tertiary/aromatic N) is 2. The molecule has 3 aromatic rings. The van der Waals surface area contributed by atoms with Gasteiger partial charge in [-0.05, 0) is 29.7 Å². The molecule has 0 radical (unpaired) electrons. The summed E-state index contributed by atoms with van der Waals surface area (Å²) in [6.45, 7) is 8.01. The van der Waals surface area contributed by atoms with Crippen molar-refractivity contribution in [2.24, 2.45) is 0 Å². The molecule has 10 heteroatoms. The van der Waals surface area contributed by atoms with E-state index in [1.807, 2.05) is 58.0 Å². The van der Waals surface area contributed by atoms with Crippen LogP contribution >= 0.6 is 0 Å². The molecule has 0 spiro atoms. The number of pyridine rings is 1. The van der Waals surface area contributed by atoms with E-state index in [0.29, 0.717) is 17.9 Å². The summed E-state index contributed by atoms with van der Waals surface area (Å²) in [5.41, 5.74) is 9.50. The number of benzene rings is 1. The standard InChI is InChI=1S/C21H24N4O2.CH4O3S/c1-13-9-16(12-23-20(13)22)15-7-5-14(6-8-15)10-19(26)24-18-11-17(27-25-18)21(2,3)4;1-5(2,3)4/h5-9,11-12H,10H2,1-4H3,(H2,22,23)(H,24,25,26);1H3,(H,2,3,4). The van der Waals surface area contributed by atoms with Gasteiger partial charge in [0.05, 0.1) is 12.7 Å². The van der Waals surface area contributed by atoms with Gasteiger partial charge in [0.2, 0.25) is 5.91 Å². The summed E-state index contributed by atoms with van der Waals surface area (Å²) in [5, 5.41) is 6.68. The molecule has 172 valence electrons. The Labute approximate surface area is 187 Å². The SMILES string of the molecule is CS(=O)(=O)O.Cc1cc(-c2ccc(CC(=O)Nc3cc(C(C)(C)C)on3)cc2)cnc1N. The number of aromatic nitrogens is 2. The Hall–Kier alpha value is -3.24. The number of rotatable bonds is 4. The number of hydrogen-bond donors (Lipinski definition) is 3. The average Bonchev–Trinajstić information content (AvgIpc) is 3.12. The summed E-state index contributed by atoms with van der Waals surface area (Å²) in [4.78, 5) is 16.5. The molecule has 2 heterocycles. The minimum atomic E-state index is -3.67. The lowest BCUT2D eigenvalue weighted by atomic mass is 9.93. The second-order valence-corrected chi connectivity index (χ2v) is 9.87. The fraction of sp³-hybridized carbons (Fsp3) is 0.318. The van der Waals surface area contributed by atoms with Gasteiger partial charge in [-0.15, -0.1) is 0 Å². The van der Waals surface area contributed by atoms with Gasteiger partial charge in [-0.3, -0.25) is 9.35 Å². The monoisotopic (exact) mass is 460 g/mol. The van der Waals surface area contributed by atoms with Crippen molar-refractivity contribution in [1.82, 2.24) is 10.1 Å². The zero-order valence-corrected chi connectivity index (χ0v) is 19.5. The van der Waals surface area contributed by atoms with Crippen LogP contribution in [0.4, 0.5) is 11.6 Å². The van der Waals surface area contributed by atoms with Crippen LogP contribution in [-0.4, -0.2) is 35.3 Å². The molecular weight excluding hydrogens is 432 g/mol. The molecule has 0 saturated heterocycles. The summed E-state index contributed by atoms with van der Waals surface area (Å²) < 4.78 is 31.2. The normalized spacial score (nSPS) is 11.4. The van der Waals surface area contributed by atoms with E-state index in [4.69, 9.17) is 14.8 Å². The van der Waals surface area contributed by atoms with Gasteiger partial charge < -0.3 is 15.6 Å². The molecule has 0 aliphatic rings. The Morgan fingerprint density at radius 1 is 1.16 bits per heavy atom. The van der Waals surface area contributed by atoms with E-state index in [9.17, 15) is 13.2 Å². The molecule has 0 saturated carbocycles. The molecule has 1 aromatic carbocycles. The minimum absolute atomic E-state index is 0.137. The molecule has 4 N–H and O–H groups in total. The summed E-state index contributed by atoms with van der Waals surface area (Å²) in [5.74, 6) is 1.57. The summed E-state index contributed by atoms with van der Waals surface area (Å²) in [6.07, 6.45) is 2.73. The molecule has 0 bridgehead atoms. The summed E-state index contributed by atoms with van der Waals surface area (Å²) in [7, 11) is -3.67. The first-order valence-electron chi connectivity index (χ1n) is 9.73. The molecule has 0 atom stereocenters. The van der Waals surface area contributed by atoms with E-state index in [-0.39, 0.29) is 17.7 Å². The molecule has 0 aliphatic heterocycles. The van der Waals surface area contributed by atoms with Crippen LogP contribution in [0.15, 0.2) is 47.1 Å². The van der Waals surface area contributed by atoms with Gasteiger partial charge in [0.25, 0.3) is 10.1 Å². The van der Waals surface area contributed by atoms with Gasteiger partial charge in [0, 0.05) is 23.2 Å². The summed E-state index contributed by atoms with van der Waals surface area (Å²) >= 11 is 0. The Balaban J connectivity index is 0.000000654. The first kappa shape index (κ1) is 25.0. The zero-order chi connectivity index (χ0) is 24.1. The number of carbonyl (C=O) groups is 1. The lowest BCUT2D eigenvalue weighted by molar-refractivity contribution is -0.115. The maximum Gasteiger partial charge on any atom is 0.261 e. The lowest BCUT2D eigenvalue weighted by Crippen LogP contribution is -2.14. The van der Waals surface area contributed by atoms with Crippen LogP contribution in [-0.2, 0) is 26.7 Å². The van der Waals surface area contributed by atoms with Crippen molar-refractivity contribution in [3.8, 4) is 11.1 Å². The lowest BCUT2D eigenvalue weighted by Gasteiger charge is -2.12. The second-order valence-electron chi connectivity index (χ2n) is 8.41. The van der Waals surface area contributed by atoms with E-state index < -0.39 is 10.1 Å².